The zero-order chi connectivity index (χ0) is 14.5. The highest BCUT2D eigenvalue weighted by Crippen LogP contribution is 2.18. The summed E-state index contributed by atoms with van der Waals surface area (Å²) < 4.78 is 0. The van der Waals surface area contributed by atoms with Gasteiger partial charge < -0.3 is 5.11 Å². The first-order valence-corrected chi connectivity index (χ1v) is 7.06. The summed E-state index contributed by atoms with van der Waals surface area (Å²) in [7, 11) is 0. The van der Waals surface area contributed by atoms with Crippen LogP contribution in [0.1, 0.15) is 24.5 Å². The number of hydrogen-bond acceptors (Lipinski definition) is 4. The molecule has 1 saturated heterocycles. The molecule has 1 aromatic rings. The lowest BCUT2D eigenvalue weighted by Gasteiger charge is -2.34. The number of carbonyl (C=O) groups is 1. The lowest BCUT2D eigenvalue weighted by atomic mass is 9.96. The monoisotopic (exact) mass is 277 g/mol. The number of aliphatic hydroxyl groups excluding tert-OH is 1. The summed E-state index contributed by atoms with van der Waals surface area (Å²) >= 11 is 0. The van der Waals surface area contributed by atoms with Crippen LogP contribution in [0, 0.1) is 5.92 Å². The van der Waals surface area contributed by atoms with Crippen LogP contribution in [0.25, 0.3) is 0 Å². The van der Waals surface area contributed by atoms with Crippen molar-refractivity contribution < 1.29 is 9.90 Å². The van der Waals surface area contributed by atoms with Gasteiger partial charge in [-0.25, -0.2) is 5.84 Å². The standard InChI is InChI=1S/C15H23N3O2/c1-11-9-18(7-6-14(11)19)10-13-4-2-12(3-5-13)8-15(20)17-16/h2-5,11,14,19H,6-10,16H2,1H3,(H,17,20). The van der Waals surface area contributed by atoms with Crippen LogP contribution in [0.4, 0.5) is 0 Å². The summed E-state index contributed by atoms with van der Waals surface area (Å²) in [5.74, 6) is 5.22. The summed E-state index contributed by atoms with van der Waals surface area (Å²) in [6, 6.07) is 8.03. The average Bonchev–Trinajstić information content (AvgIpc) is 2.45. The molecule has 1 aliphatic heterocycles. The van der Waals surface area contributed by atoms with Gasteiger partial charge in [-0.15, -0.1) is 0 Å². The highest BCUT2D eigenvalue weighted by atomic mass is 16.3. The molecule has 0 radical (unpaired) electrons. The number of aliphatic hydroxyl groups is 1. The fraction of sp³-hybridized carbons (Fsp3) is 0.533. The average molecular weight is 277 g/mol. The second kappa shape index (κ2) is 6.83. The Bertz CT molecular complexity index is 447. The van der Waals surface area contributed by atoms with Crippen LogP contribution in [0.15, 0.2) is 24.3 Å². The zero-order valence-electron chi connectivity index (χ0n) is 11.9. The van der Waals surface area contributed by atoms with Crippen molar-refractivity contribution in [2.75, 3.05) is 13.1 Å². The number of rotatable bonds is 4. The topological polar surface area (TPSA) is 78.6 Å². The third-order valence-electron chi connectivity index (χ3n) is 3.90. The van der Waals surface area contributed by atoms with Crippen molar-refractivity contribution in [1.82, 2.24) is 10.3 Å². The Morgan fingerprint density at radius 3 is 2.65 bits per heavy atom. The largest absolute Gasteiger partial charge is 0.393 e. The van der Waals surface area contributed by atoms with E-state index in [4.69, 9.17) is 5.84 Å². The summed E-state index contributed by atoms with van der Waals surface area (Å²) in [4.78, 5) is 13.5. The van der Waals surface area contributed by atoms with Gasteiger partial charge in [-0.2, -0.15) is 0 Å². The molecule has 0 aliphatic carbocycles. The molecule has 2 unspecified atom stereocenters. The third kappa shape index (κ3) is 4.03. The molecule has 1 fully saturated rings. The smallest absolute Gasteiger partial charge is 0.238 e. The summed E-state index contributed by atoms with van der Waals surface area (Å²) in [5, 5.41) is 9.73. The zero-order valence-corrected chi connectivity index (χ0v) is 11.9. The second-order valence-electron chi connectivity index (χ2n) is 5.63. The summed E-state index contributed by atoms with van der Waals surface area (Å²) in [5.41, 5.74) is 4.32. The van der Waals surface area contributed by atoms with E-state index in [1.807, 2.05) is 12.1 Å². The molecule has 0 saturated carbocycles. The van der Waals surface area contributed by atoms with Crippen molar-refractivity contribution in [3.05, 3.63) is 35.4 Å². The summed E-state index contributed by atoms with van der Waals surface area (Å²) in [6.45, 7) is 4.84. The third-order valence-corrected chi connectivity index (χ3v) is 3.90. The second-order valence-corrected chi connectivity index (χ2v) is 5.63. The van der Waals surface area contributed by atoms with Crippen molar-refractivity contribution in [1.29, 1.82) is 0 Å². The Kier molecular flexibility index (Phi) is 5.11. The lowest BCUT2D eigenvalue weighted by Crippen LogP contribution is -2.41. The molecule has 110 valence electrons. The van der Waals surface area contributed by atoms with Crippen molar-refractivity contribution >= 4 is 5.91 Å². The van der Waals surface area contributed by atoms with Crippen LogP contribution in [-0.4, -0.2) is 35.1 Å². The van der Waals surface area contributed by atoms with E-state index in [-0.39, 0.29) is 12.0 Å². The van der Waals surface area contributed by atoms with Gasteiger partial charge in [0.2, 0.25) is 5.91 Å². The normalized spacial score (nSPS) is 23.6. The number of hydrazine groups is 1. The Morgan fingerprint density at radius 2 is 2.05 bits per heavy atom. The van der Waals surface area contributed by atoms with Gasteiger partial charge >= 0.3 is 0 Å². The fourth-order valence-electron chi connectivity index (χ4n) is 2.62. The molecule has 1 amide bonds. The van der Waals surface area contributed by atoms with E-state index in [1.54, 1.807) is 0 Å². The molecule has 0 spiro atoms. The molecule has 0 aromatic heterocycles. The van der Waals surface area contributed by atoms with E-state index in [1.165, 1.54) is 5.56 Å². The van der Waals surface area contributed by atoms with Crippen LogP contribution < -0.4 is 11.3 Å². The van der Waals surface area contributed by atoms with E-state index >= 15 is 0 Å². The first-order valence-electron chi connectivity index (χ1n) is 7.06. The van der Waals surface area contributed by atoms with Crippen LogP contribution in [0.2, 0.25) is 0 Å². The molecule has 2 rings (SSSR count). The quantitative estimate of drug-likeness (QED) is 0.423. The highest BCUT2D eigenvalue weighted by molar-refractivity contribution is 5.77. The number of nitrogens with one attached hydrogen (secondary N) is 1. The molecule has 4 N–H and O–H groups in total. The minimum atomic E-state index is -0.184. The fourth-order valence-corrected chi connectivity index (χ4v) is 2.62. The van der Waals surface area contributed by atoms with E-state index < -0.39 is 0 Å². The van der Waals surface area contributed by atoms with Crippen molar-refractivity contribution in [3.63, 3.8) is 0 Å². The van der Waals surface area contributed by atoms with Gasteiger partial charge in [0.25, 0.3) is 0 Å². The number of carbonyl (C=O) groups excluding carboxylic acids is 1. The maximum Gasteiger partial charge on any atom is 0.238 e. The predicted octanol–water partition coefficient (Wildman–Crippen LogP) is 0.422. The van der Waals surface area contributed by atoms with Crippen LogP contribution >= 0.6 is 0 Å². The lowest BCUT2D eigenvalue weighted by molar-refractivity contribution is -0.120. The molecule has 20 heavy (non-hydrogen) atoms. The molecule has 1 aliphatic rings. The van der Waals surface area contributed by atoms with Crippen molar-refractivity contribution in [3.8, 4) is 0 Å². The van der Waals surface area contributed by atoms with E-state index in [2.05, 4.69) is 29.4 Å². The van der Waals surface area contributed by atoms with Gasteiger partial charge in [0, 0.05) is 19.6 Å². The van der Waals surface area contributed by atoms with Crippen molar-refractivity contribution in [2.45, 2.75) is 32.4 Å². The first kappa shape index (κ1) is 15.0. The molecular formula is C15H23N3O2. The highest BCUT2D eigenvalue weighted by Gasteiger charge is 2.23. The Labute approximate surface area is 119 Å². The maximum absolute atomic E-state index is 11.2. The Hall–Kier alpha value is -1.43. The molecule has 0 bridgehead atoms. The Balaban J connectivity index is 1.89. The number of nitrogens with zero attached hydrogens (tertiary/aromatic N) is 1. The molecule has 1 heterocycles. The first-order chi connectivity index (χ1) is 9.58. The predicted molar refractivity (Wildman–Crippen MR) is 77.5 cm³/mol. The molecular weight excluding hydrogens is 254 g/mol. The van der Waals surface area contributed by atoms with Crippen molar-refractivity contribution in [2.24, 2.45) is 11.8 Å². The minimum absolute atomic E-state index is 0.164. The Morgan fingerprint density at radius 1 is 1.40 bits per heavy atom. The molecule has 5 heteroatoms. The molecule has 5 nitrogen and oxygen atoms in total. The van der Waals surface area contributed by atoms with E-state index in [0.717, 1.165) is 31.6 Å². The number of nitrogens with two attached hydrogens (primary N) is 1. The van der Waals surface area contributed by atoms with Gasteiger partial charge in [0.15, 0.2) is 0 Å². The minimum Gasteiger partial charge on any atom is -0.393 e. The summed E-state index contributed by atoms with van der Waals surface area (Å²) in [6.07, 6.45) is 0.989. The maximum atomic E-state index is 11.2. The van der Waals surface area contributed by atoms with Crippen LogP contribution in [0.5, 0.6) is 0 Å². The van der Waals surface area contributed by atoms with Gasteiger partial charge in [-0.3, -0.25) is 15.1 Å². The van der Waals surface area contributed by atoms with E-state index in [0.29, 0.717) is 12.3 Å². The van der Waals surface area contributed by atoms with Gasteiger partial charge in [0.1, 0.15) is 0 Å². The van der Waals surface area contributed by atoms with Gasteiger partial charge in [0.05, 0.1) is 12.5 Å². The number of benzene rings is 1. The number of piperidine rings is 1. The molecule has 1 aromatic carbocycles. The number of amides is 1. The van der Waals surface area contributed by atoms with E-state index in [9.17, 15) is 9.90 Å². The number of likely N-dealkylation sites (tertiary alicyclic amines) is 1. The molecule has 2 atom stereocenters. The van der Waals surface area contributed by atoms with Crippen LogP contribution in [-0.2, 0) is 17.8 Å². The SMILES string of the molecule is CC1CN(Cc2ccc(CC(=O)NN)cc2)CCC1O. The number of hydrogen-bond donors (Lipinski definition) is 3. The van der Waals surface area contributed by atoms with Crippen LogP contribution in [0.3, 0.4) is 0 Å². The van der Waals surface area contributed by atoms with Gasteiger partial charge in [-0.1, -0.05) is 31.2 Å². The van der Waals surface area contributed by atoms with Gasteiger partial charge in [-0.05, 0) is 23.5 Å².